The molecule has 0 radical (unpaired) electrons. The number of ether oxygens (including phenoxy) is 2. The predicted octanol–water partition coefficient (Wildman–Crippen LogP) is 2.65. The topological polar surface area (TPSA) is 74.9 Å². The van der Waals surface area contributed by atoms with Crippen LogP contribution in [0.5, 0.6) is 5.88 Å². The smallest absolute Gasteiger partial charge is 0.434 e. The number of benzene rings is 1. The highest BCUT2D eigenvalue weighted by Crippen LogP contribution is 2.33. The van der Waals surface area contributed by atoms with Crippen LogP contribution in [0, 0.1) is 20.8 Å². The van der Waals surface area contributed by atoms with Crippen LogP contribution in [0.15, 0.2) is 16.9 Å². The fourth-order valence-corrected chi connectivity index (χ4v) is 3.51. The van der Waals surface area contributed by atoms with Crippen LogP contribution in [0.3, 0.4) is 0 Å². The zero-order valence-electron chi connectivity index (χ0n) is 17.1. The van der Waals surface area contributed by atoms with Gasteiger partial charge in [0, 0.05) is 13.1 Å². The van der Waals surface area contributed by atoms with Crippen molar-refractivity contribution >= 4 is 6.16 Å². The Morgan fingerprint density at radius 2 is 1.64 bits per heavy atom. The molecule has 0 fully saturated rings. The average Bonchev–Trinajstić information content (AvgIpc) is 2.80. The van der Waals surface area contributed by atoms with Gasteiger partial charge >= 0.3 is 6.16 Å². The molecular formula is C20H27N3O5. The summed E-state index contributed by atoms with van der Waals surface area (Å²) in [6.45, 7) is 9.88. The molecule has 0 saturated heterocycles. The molecule has 0 N–H and O–H groups in total. The number of nitrogens with zero attached hydrogens (tertiary/aromatic N) is 3. The Balaban J connectivity index is 2.18. The van der Waals surface area contributed by atoms with E-state index in [0.717, 1.165) is 22.3 Å². The van der Waals surface area contributed by atoms with Gasteiger partial charge in [0.1, 0.15) is 5.56 Å². The number of aryl methyl sites for hydroxylation is 3. The molecule has 1 aliphatic rings. The Hall–Kier alpha value is -2.58. The van der Waals surface area contributed by atoms with E-state index in [9.17, 15) is 9.59 Å². The van der Waals surface area contributed by atoms with Crippen molar-refractivity contribution in [1.82, 2.24) is 14.4 Å². The summed E-state index contributed by atoms with van der Waals surface area (Å²) in [6, 6.07) is 4.01. The maximum absolute atomic E-state index is 13.3. The number of hydrogen-bond donors (Lipinski definition) is 0. The second-order valence-electron chi connectivity index (χ2n) is 6.88. The molecule has 0 aliphatic carbocycles. The normalized spacial score (nSPS) is 14.5. The maximum Gasteiger partial charge on any atom is 0.515 e. The van der Waals surface area contributed by atoms with Gasteiger partial charge in [0.25, 0.3) is 5.56 Å². The Kier molecular flexibility index (Phi) is 5.90. The molecule has 2 heterocycles. The minimum absolute atomic E-state index is 0.191. The van der Waals surface area contributed by atoms with E-state index in [-0.39, 0.29) is 18.0 Å². The van der Waals surface area contributed by atoms with Gasteiger partial charge in [-0.2, -0.15) is 5.06 Å². The molecule has 8 nitrogen and oxygen atoms in total. The Bertz CT molecular complexity index is 944. The van der Waals surface area contributed by atoms with Gasteiger partial charge in [-0.25, -0.2) is 14.2 Å². The number of carbonyl (C=O) groups is 1. The van der Waals surface area contributed by atoms with E-state index < -0.39 is 6.16 Å². The molecule has 0 atom stereocenters. The van der Waals surface area contributed by atoms with E-state index in [1.807, 2.05) is 32.9 Å². The lowest BCUT2D eigenvalue weighted by atomic mass is 9.97. The molecule has 8 heteroatoms. The first-order chi connectivity index (χ1) is 13.4. The monoisotopic (exact) mass is 389 g/mol. The molecular weight excluding hydrogens is 362 g/mol. The number of fused-ring (bicyclic) bond motifs is 1. The van der Waals surface area contributed by atoms with Crippen molar-refractivity contribution in [2.45, 2.75) is 40.8 Å². The molecule has 152 valence electrons. The Morgan fingerprint density at radius 3 is 2.29 bits per heavy atom. The lowest BCUT2D eigenvalue weighted by Gasteiger charge is -2.16. The largest absolute Gasteiger partial charge is 0.515 e. The van der Waals surface area contributed by atoms with E-state index in [1.54, 1.807) is 28.5 Å². The van der Waals surface area contributed by atoms with Crippen molar-refractivity contribution in [3.05, 3.63) is 39.2 Å². The summed E-state index contributed by atoms with van der Waals surface area (Å²) in [4.78, 5) is 30.7. The van der Waals surface area contributed by atoms with Crippen molar-refractivity contribution in [3.63, 3.8) is 0 Å². The second-order valence-corrected chi connectivity index (χ2v) is 6.88. The number of aromatic nitrogens is 2. The third-order valence-corrected chi connectivity index (χ3v) is 5.12. The van der Waals surface area contributed by atoms with Gasteiger partial charge in [-0.1, -0.05) is 12.1 Å². The molecule has 0 bridgehead atoms. The van der Waals surface area contributed by atoms with Crippen LogP contribution in [0.25, 0.3) is 11.1 Å². The van der Waals surface area contributed by atoms with Gasteiger partial charge < -0.3 is 14.3 Å². The van der Waals surface area contributed by atoms with E-state index in [2.05, 4.69) is 0 Å². The van der Waals surface area contributed by atoms with Crippen LogP contribution in [0.1, 0.15) is 23.6 Å². The third kappa shape index (κ3) is 3.70. The standard InChI is InChI=1S/C20H27N3O5/c1-6-27-20(25)28-19-17(16-12-14(3)13(2)11-15(16)4)18(24)22-9-7-21(26-5)8-10-23(19)22/h11-12H,6-10H2,1-5H3. The predicted molar refractivity (Wildman–Crippen MR) is 105 cm³/mol. The fourth-order valence-electron chi connectivity index (χ4n) is 3.51. The van der Waals surface area contributed by atoms with Crippen LogP contribution >= 0.6 is 0 Å². The minimum Gasteiger partial charge on any atom is -0.434 e. The number of hydroxylamine groups is 2. The summed E-state index contributed by atoms with van der Waals surface area (Å²) in [5.41, 5.74) is 4.13. The Labute approximate surface area is 164 Å². The summed E-state index contributed by atoms with van der Waals surface area (Å²) < 4.78 is 13.8. The lowest BCUT2D eigenvalue weighted by Crippen LogP contribution is -2.27. The van der Waals surface area contributed by atoms with Crippen LogP contribution in [0.2, 0.25) is 0 Å². The number of hydrogen-bond acceptors (Lipinski definition) is 6. The van der Waals surface area contributed by atoms with Crippen LogP contribution in [-0.4, -0.2) is 47.4 Å². The van der Waals surface area contributed by atoms with Crippen molar-refractivity contribution in [1.29, 1.82) is 0 Å². The maximum atomic E-state index is 13.3. The van der Waals surface area contributed by atoms with Gasteiger partial charge in [0.2, 0.25) is 5.88 Å². The molecule has 3 rings (SSSR count). The molecule has 1 aromatic heterocycles. The van der Waals surface area contributed by atoms with Gasteiger partial charge in [0.15, 0.2) is 0 Å². The van der Waals surface area contributed by atoms with Gasteiger partial charge in [-0.05, 0) is 49.9 Å². The van der Waals surface area contributed by atoms with Crippen molar-refractivity contribution in [3.8, 4) is 17.0 Å². The summed E-state index contributed by atoms with van der Waals surface area (Å²) in [6.07, 6.45) is -0.820. The van der Waals surface area contributed by atoms with Crippen LogP contribution in [-0.2, 0) is 22.7 Å². The number of carbonyl (C=O) groups excluding carboxylic acids is 1. The first-order valence-corrected chi connectivity index (χ1v) is 9.42. The van der Waals surface area contributed by atoms with E-state index in [1.165, 1.54) is 0 Å². The first-order valence-electron chi connectivity index (χ1n) is 9.42. The summed E-state index contributed by atoms with van der Waals surface area (Å²) >= 11 is 0. The molecule has 28 heavy (non-hydrogen) atoms. The molecule has 2 aromatic rings. The highest BCUT2D eigenvalue weighted by atomic mass is 16.7. The summed E-state index contributed by atoms with van der Waals surface area (Å²) in [5, 5.41) is 1.77. The Morgan fingerprint density at radius 1 is 1.00 bits per heavy atom. The molecule has 0 spiro atoms. The third-order valence-electron chi connectivity index (χ3n) is 5.12. The van der Waals surface area contributed by atoms with Crippen molar-refractivity contribution in [2.24, 2.45) is 0 Å². The molecule has 0 saturated carbocycles. The quantitative estimate of drug-likeness (QED) is 0.749. The van der Waals surface area contributed by atoms with E-state index in [4.69, 9.17) is 14.3 Å². The molecule has 1 aromatic carbocycles. The zero-order valence-corrected chi connectivity index (χ0v) is 17.1. The highest BCUT2D eigenvalue weighted by Gasteiger charge is 2.28. The zero-order chi connectivity index (χ0) is 20.4. The van der Waals surface area contributed by atoms with Crippen LogP contribution < -0.4 is 10.3 Å². The van der Waals surface area contributed by atoms with E-state index in [0.29, 0.717) is 31.7 Å². The molecule has 1 aliphatic heterocycles. The van der Waals surface area contributed by atoms with Gasteiger partial charge in [-0.3, -0.25) is 4.79 Å². The summed E-state index contributed by atoms with van der Waals surface area (Å²) in [7, 11) is 1.60. The second kappa shape index (κ2) is 8.20. The summed E-state index contributed by atoms with van der Waals surface area (Å²) in [5.74, 6) is 0.216. The van der Waals surface area contributed by atoms with Crippen LogP contribution in [0.4, 0.5) is 4.79 Å². The van der Waals surface area contributed by atoms with Crippen molar-refractivity contribution < 1.29 is 19.1 Å². The number of rotatable bonds is 4. The first kappa shape index (κ1) is 20.2. The average molecular weight is 389 g/mol. The van der Waals surface area contributed by atoms with Crippen molar-refractivity contribution in [2.75, 3.05) is 26.8 Å². The lowest BCUT2D eigenvalue weighted by molar-refractivity contribution is -0.130. The molecule has 0 amide bonds. The van der Waals surface area contributed by atoms with Gasteiger partial charge in [0.05, 0.1) is 26.8 Å². The minimum atomic E-state index is -0.820. The SMILES string of the molecule is CCOC(=O)Oc1c(-c2cc(C)c(C)cc2C)c(=O)n2n1CCN(OC)CC2. The van der Waals surface area contributed by atoms with E-state index >= 15 is 0 Å². The van der Waals surface area contributed by atoms with Gasteiger partial charge in [-0.15, -0.1) is 0 Å². The molecule has 0 unspecified atom stereocenters. The highest BCUT2D eigenvalue weighted by molar-refractivity contribution is 5.75. The fraction of sp³-hybridized carbons (Fsp3) is 0.500.